The molecular weight excluding hydrogens is 391 g/mol. The van der Waals surface area contributed by atoms with E-state index in [0.717, 1.165) is 0 Å². The number of hydrogen-bond donors (Lipinski definition) is 0. The van der Waals surface area contributed by atoms with E-state index >= 15 is 0 Å². The summed E-state index contributed by atoms with van der Waals surface area (Å²) in [5.41, 5.74) is 0. The standard InChI is InChI=1S/C4H3N2.C3H8.CH3.Rf/c1-2-5-4-6-3-1;1-3-2;;/h1-3H;3H2,1-2H3;1H3;/q-1;;-1;. The third-order valence-corrected chi connectivity index (χ3v) is 0.437. The van der Waals surface area contributed by atoms with Crippen LogP contribution in [-0.4, -0.2) is 9.97 Å². The Morgan fingerprint density at radius 3 is 1.64 bits per heavy atom. The first kappa shape index (κ1) is 16.0. The van der Waals surface area contributed by atoms with Gasteiger partial charge in [0.2, 0.25) is 0 Å². The number of nitrogens with zero attached hydrogens (tertiary/aromatic N) is 2. The largest absolute Gasteiger partial charge is 0.374 e. The Bertz CT molecular complexity index is 94.9. The van der Waals surface area contributed by atoms with Gasteiger partial charge >= 0.3 is 0 Å². The molecule has 0 saturated heterocycles. The van der Waals surface area contributed by atoms with E-state index in [1.807, 2.05) is 0 Å². The Balaban J connectivity index is -0.000000116. The number of aromatic nitrogens is 2. The molecule has 0 spiro atoms. The van der Waals surface area contributed by atoms with Crippen molar-refractivity contribution in [2.45, 2.75) is 20.3 Å². The molecule has 1 heterocycles. The molecule has 0 fully saturated rings. The van der Waals surface area contributed by atoms with Crippen molar-refractivity contribution in [3.63, 3.8) is 0 Å². The summed E-state index contributed by atoms with van der Waals surface area (Å²) in [5, 5.41) is 0. The van der Waals surface area contributed by atoms with Gasteiger partial charge in [0.05, 0.1) is 0 Å². The minimum Gasteiger partial charge on any atom is -0.374 e. The van der Waals surface area contributed by atoms with Crippen molar-refractivity contribution in [2.24, 2.45) is 0 Å². The van der Waals surface area contributed by atoms with Crippen LogP contribution in [0.15, 0.2) is 18.5 Å². The van der Waals surface area contributed by atoms with E-state index in [-0.39, 0.29) is 7.43 Å². The quantitative estimate of drug-likeness (QED) is 0.619. The first-order valence-corrected chi connectivity index (χ1v) is 3.04. The van der Waals surface area contributed by atoms with Gasteiger partial charge in [-0.25, -0.2) is 0 Å². The molecule has 0 bridgehead atoms. The predicted octanol–water partition coefficient (Wildman–Crippen LogP) is 2.14. The van der Waals surface area contributed by atoms with Gasteiger partial charge in [0.25, 0.3) is 0 Å². The molecule has 0 N–H and O–H groups in total. The summed E-state index contributed by atoms with van der Waals surface area (Å²) < 4.78 is 0. The van der Waals surface area contributed by atoms with Crippen molar-refractivity contribution < 1.29 is 0 Å². The van der Waals surface area contributed by atoms with Crippen molar-refractivity contribution in [3.8, 4) is 0 Å². The van der Waals surface area contributed by atoms with Crippen LogP contribution in [0.5, 0.6) is 0 Å². The molecule has 0 atom stereocenters. The smallest absolute Gasteiger partial charge is 0.0213 e. The van der Waals surface area contributed by atoms with E-state index < -0.39 is 0 Å². The van der Waals surface area contributed by atoms with Crippen LogP contribution in [0.25, 0.3) is 0 Å². The summed E-state index contributed by atoms with van der Waals surface area (Å²) >= 11 is 0. The van der Waals surface area contributed by atoms with Crippen molar-refractivity contribution in [1.82, 2.24) is 9.97 Å². The fourth-order valence-corrected chi connectivity index (χ4v) is 0.225. The van der Waals surface area contributed by atoms with Gasteiger partial charge in [-0.3, -0.25) is 0 Å². The van der Waals surface area contributed by atoms with E-state index in [0.29, 0.717) is 0 Å². The molecule has 3 heteroatoms. The van der Waals surface area contributed by atoms with E-state index in [1.165, 1.54) is 6.42 Å². The van der Waals surface area contributed by atoms with Crippen molar-refractivity contribution in [2.75, 3.05) is 0 Å². The Morgan fingerprint density at radius 1 is 1.18 bits per heavy atom. The fraction of sp³-hybridized carbons (Fsp3) is 0.375. The molecule has 0 saturated carbocycles. The Labute approximate surface area is 63.3 Å². The topological polar surface area (TPSA) is 25.8 Å². The average Bonchev–Trinajstić information content (AvgIpc) is 1.93. The molecule has 0 amide bonds. The van der Waals surface area contributed by atoms with Gasteiger partial charge in [-0.2, -0.15) is 0 Å². The normalized spacial score (nSPS) is 6.00. The monoisotopic (exact) mass is 405 g/mol. The van der Waals surface area contributed by atoms with Crippen LogP contribution in [-0.2, 0) is 0 Å². The Morgan fingerprint density at radius 2 is 1.55 bits per heavy atom. The van der Waals surface area contributed by atoms with Crippen molar-refractivity contribution >= 4 is 0 Å². The molecule has 1 rings (SSSR count). The minimum absolute atomic E-state index is 0. The second-order valence-electron chi connectivity index (χ2n) is 1.56. The van der Waals surface area contributed by atoms with Crippen LogP contribution in [0.3, 0.4) is 0 Å². The molecule has 0 aliphatic heterocycles. The van der Waals surface area contributed by atoms with Crippen LogP contribution in [0.1, 0.15) is 20.3 Å². The predicted molar refractivity (Wildman–Crippen MR) is 43.2 cm³/mol. The zero-order chi connectivity index (χ0) is 6.95. The summed E-state index contributed by atoms with van der Waals surface area (Å²) in [5.74, 6) is 0. The molecule has 0 aromatic carbocycles. The Kier molecular flexibility index (Phi) is 22.9. The maximum Gasteiger partial charge on any atom is 0.0213 e. The van der Waals surface area contributed by atoms with Crippen LogP contribution >= 0.6 is 0 Å². The minimum atomic E-state index is 0. The SMILES string of the molecule is CCC.[CH3-].[Rf].[c-]1ncccn1. The van der Waals surface area contributed by atoms with Gasteiger partial charge < -0.3 is 17.4 Å². The fourth-order valence-electron chi connectivity index (χ4n) is 0.225. The molecule has 1 aromatic rings. The van der Waals surface area contributed by atoms with Crippen LogP contribution < -0.4 is 0 Å². The number of hydrogen-bond acceptors (Lipinski definition) is 2. The first-order valence-electron chi connectivity index (χ1n) is 3.04. The summed E-state index contributed by atoms with van der Waals surface area (Å²) in [6.45, 7) is 4.25. The maximum absolute atomic E-state index is 3.55. The first-order chi connectivity index (χ1) is 4.41. The molecule has 11 heavy (non-hydrogen) atoms. The summed E-state index contributed by atoms with van der Waals surface area (Å²) in [4.78, 5) is 7.10. The summed E-state index contributed by atoms with van der Waals surface area (Å²) in [7, 11) is 0. The zero-order valence-corrected chi connectivity index (χ0v) is 13.9. The molecule has 0 unspecified atom stereocenters. The molecule has 0 radical (unpaired) electrons. The van der Waals surface area contributed by atoms with E-state index in [4.69, 9.17) is 0 Å². The van der Waals surface area contributed by atoms with Gasteiger partial charge in [-0.15, -0.1) is 6.07 Å². The van der Waals surface area contributed by atoms with Crippen molar-refractivity contribution in [3.05, 3.63) is 32.2 Å². The van der Waals surface area contributed by atoms with Gasteiger partial charge in [0, 0.05) is 6.33 Å². The molecular formula is C8H14N2Rf-2. The van der Waals surface area contributed by atoms with Crippen LogP contribution in [0.4, 0.5) is 0 Å². The zero-order valence-electron chi connectivity index (χ0n) is 7.54. The van der Waals surface area contributed by atoms with E-state index in [1.54, 1.807) is 18.5 Å². The van der Waals surface area contributed by atoms with Gasteiger partial charge in [-0.1, -0.05) is 32.7 Å². The molecule has 0 aliphatic carbocycles. The molecule has 2 nitrogen and oxygen atoms in total. The Hall–Kier alpha value is -1.92. The van der Waals surface area contributed by atoms with Crippen LogP contribution in [0, 0.1) is 13.8 Å². The number of rotatable bonds is 0. The summed E-state index contributed by atoms with van der Waals surface area (Å²) in [6, 6.07) is 1.75. The molecule has 60 valence electrons. The molecule has 0 aliphatic rings. The van der Waals surface area contributed by atoms with E-state index in [2.05, 4.69) is 30.1 Å². The maximum atomic E-state index is 3.55. The average molecular weight is 405 g/mol. The summed E-state index contributed by atoms with van der Waals surface area (Å²) in [6.07, 6.45) is 6.91. The third kappa shape index (κ3) is 17.9. The second kappa shape index (κ2) is 15.7. The van der Waals surface area contributed by atoms with Gasteiger partial charge in [0.15, 0.2) is 0 Å². The third-order valence-electron chi connectivity index (χ3n) is 0.437. The van der Waals surface area contributed by atoms with Gasteiger partial charge in [0.1, 0.15) is 0 Å². The second-order valence-corrected chi connectivity index (χ2v) is 1.56. The van der Waals surface area contributed by atoms with Crippen LogP contribution in [0.2, 0.25) is 0 Å². The molecule has 1 aromatic heterocycles. The van der Waals surface area contributed by atoms with Gasteiger partial charge in [-0.05, 0) is 0 Å². The van der Waals surface area contributed by atoms with Crippen molar-refractivity contribution in [1.29, 1.82) is 0 Å². The van der Waals surface area contributed by atoms with E-state index in [9.17, 15) is 0 Å².